The number of aliphatic carboxylic acids is 1. The largest absolute Gasteiger partial charge is 0.477 e. The zero-order valence-corrected chi connectivity index (χ0v) is 54.3. The fourth-order valence-electron chi connectivity index (χ4n) is 9.32. The zero-order chi connectivity index (χ0) is 60.5. The van der Waals surface area contributed by atoms with Gasteiger partial charge in [-0.1, -0.05) is 277 Å². The summed E-state index contributed by atoms with van der Waals surface area (Å²) >= 11 is 0. The molecule has 9 heteroatoms. The van der Waals surface area contributed by atoms with Gasteiger partial charge in [0.05, 0.1) is 34.4 Å². The predicted octanol–water partition coefficient (Wildman–Crippen LogP) is 21.0. The molecule has 0 fully saturated rings. The Morgan fingerprint density at radius 2 is 0.687 bits per heavy atom. The number of carboxylic acid groups (broad SMARTS) is 1. The normalized spacial score (nSPS) is 13.4. The quantitative estimate of drug-likeness (QED) is 0.0211. The minimum atomic E-state index is -1.52. The van der Waals surface area contributed by atoms with Crippen LogP contribution in [0, 0.1) is 0 Å². The summed E-state index contributed by atoms with van der Waals surface area (Å²) in [5.41, 5.74) is 0. The van der Waals surface area contributed by atoms with Crippen LogP contribution in [0.3, 0.4) is 0 Å². The second-order valence-corrected chi connectivity index (χ2v) is 23.7. The van der Waals surface area contributed by atoms with Gasteiger partial charge in [0.1, 0.15) is 13.2 Å². The highest BCUT2D eigenvalue weighted by Gasteiger charge is 2.25. The topological polar surface area (TPSA) is 108 Å². The summed E-state index contributed by atoms with van der Waals surface area (Å²) in [5, 5.41) is 9.74. The standard InChI is InChI=1S/C74H127NO8/c1-6-8-10-12-14-16-18-20-22-24-26-28-29-30-31-32-33-34-35-36-37-38-39-40-41-42-43-45-47-49-51-53-55-57-59-61-63-65-72(77)83-70(69-82-74(73(78)79)80-67-66-75(3,4)5)68-81-71(76)64-62-60-58-56-54-52-50-48-46-44-27-25-23-21-19-17-15-13-11-9-7-2/h8,10,14,16,19-22,25-28,30-31,33-34,36-37,70,74H,6-7,9,11-13,15,17-18,23-24,29,32,35,38-69H2,1-5H3/p+1/b10-8-,16-14-,21-19-,22-20-,27-25-,28-26-,31-30-,34-33-,37-36-. The van der Waals surface area contributed by atoms with Gasteiger partial charge in [-0.25, -0.2) is 4.79 Å². The van der Waals surface area contributed by atoms with Crippen LogP contribution >= 0.6 is 0 Å². The summed E-state index contributed by atoms with van der Waals surface area (Å²) in [6.45, 7) is 4.76. The Kier molecular flexibility index (Phi) is 60.8. The SMILES string of the molecule is CC/C=C\C/C=C\C/C=C\C/C=C\C/C=C\C/C=C\C/C=C\CCCCCCCCCCCCCCCCCC(=O)OC(COC(=O)CCCCCCCCCCC/C=C\C/C=C\CCCCCCC)COC(OCC[N+](C)(C)C)C(=O)O. The highest BCUT2D eigenvalue weighted by molar-refractivity contribution is 5.71. The number of hydrogen-bond acceptors (Lipinski definition) is 7. The van der Waals surface area contributed by atoms with Gasteiger partial charge in [-0.3, -0.25) is 9.59 Å². The number of carbonyl (C=O) groups is 3. The van der Waals surface area contributed by atoms with Gasteiger partial charge in [0.15, 0.2) is 6.10 Å². The number of quaternary nitrogens is 1. The first kappa shape index (κ1) is 79.0. The van der Waals surface area contributed by atoms with Gasteiger partial charge in [0, 0.05) is 12.8 Å². The minimum absolute atomic E-state index is 0.184. The monoisotopic (exact) mass is 1160 g/mol. The third kappa shape index (κ3) is 65.3. The van der Waals surface area contributed by atoms with Crippen LogP contribution < -0.4 is 0 Å². The molecular weight excluding hydrogens is 1030 g/mol. The molecule has 0 aliphatic rings. The number of carbonyl (C=O) groups excluding carboxylic acids is 2. The Morgan fingerprint density at radius 1 is 0.373 bits per heavy atom. The van der Waals surface area contributed by atoms with Crippen LogP contribution in [-0.2, 0) is 33.3 Å². The average molecular weight is 1160 g/mol. The number of nitrogens with zero attached hydrogens (tertiary/aromatic N) is 1. The molecule has 9 nitrogen and oxygen atoms in total. The summed E-state index contributed by atoms with van der Waals surface area (Å²) in [6, 6.07) is 0. The van der Waals surface area contributed by atoms with Crippen LogP contribution in [0.1, 0.15) is 284 Å². The number of hydrogen-bond donors (Lipinski definition) is 1. The van der Waals surface area contributed by atoms with Crippen molar-refractivity contribution in [3.63, 3.8) is 0 Å². The fourth-order valence-corrected chi connectivity index (χ4v) is 9.32. The number of unbranched alkanes of at least 4 members (excludes halogenated alkanes) is 29. The van der Waals surface area contributed by atoms with E-state index in [9.17, 15) is 19.5 Å². The van der Waals surface area contributed by atoms with Crippen LogP contribution in [0.15, 0.2) is 109 Å². The summed E-state index contributed by atoms with van der Waals surface area (Å²) in [7, 11) is 5.97. The second-order valence-electron chi connectivity index (χ2n) is 23.7. The molecule has 476 valence electrons. The maximum absolute atomic E-state index is 12.9. The van der Waals surface area contributed by atoms with E-state index in [0.717, 1.165) is 89.9 Å². The molecule has 2 unspecified atom stereocenters. The van der Waals surface area contributed by atoms with Crippen LogP contribution in [0.4, 0.5) is 0 Å². The number of ether oxygens (including phenoxy) is 4. The molecular formula is C74H128NO8+. The van der Waals surface area contributed by atoms with E-state index in [1.807, 2.05) is 21.1 Å². The van der Waals surface area contributed by atoms with Crippen molar-refractivity contribution in [2.24, 2.45) is 0 Å². The third-order valence-corrected chi connectivity index (χ3v) is 14.5. The Morgan fingerprint density at radius 3 is 1.02 bits per heavy atom. The van der Waals surface area contributed by atoms with Crippen molar-refractivity contribution in [2.45, 2.75) is 296 Å². The van der Waals surface area contributed by atoms with Crippen molar-refractivity contribution in [3.8, 4) is 0 Å². The van der Waals surface area contributed by atoms with Crippen LogP contribution in [0.25, 0.3) is 0 Å². The van der Waals surface area contributed by atoms with Gasteiger partial charge < -0.3 is 28.5 Å². The molecule has 0 saturated heterocycles. The van der Waals surface area contributed by atoms with Gasteiger partial charge in [-0.15, -0.1) is 0 Å². The molecule has 2 atom stereocenters. The molecule has 0 aromatic rings. The van der Waals surface area contributed by atoms with E-state index in [0.29, 0.717) is 17.4 Å². The van der Waals surface area contributed by atoms with Gasteiger partial charge >= 0.3 is 17.9 Å². The summed E-state index contributed by atoms with van der Waals surface area (Å²) in [6.07, 6.45) is 86.2. The highest BCUT2D eigenvalue weighted by atomic mass is 16.7. The number of allylic oxidation sites excluding steroid dienone is 18. The lowest BCUT2D eigenvalue weighted by molar-refractivity contribution is -0.870. The maximum atomic E-state index is 12.9. The molecule has 0 spiro atoms. The van der Waals surface area contributed by atoms with Crippen molar-refractivity contribution in [2.75, 3.05) is 47.5 Å². The molecule has 0 radical (unpaired) electrons. The number of carboxylic acids is 1. The Labute approximate surface area is 511 Å². The van der Waals surface area contributed by atoms with Crippen molar-refractivity contribution in [1.29, 1.82) is 0 Å². The smallest absolute Gasteiger partial charge is 0.361 e. The molecule has 0 amide bonds. The van der Waals surface area contributed by atoms with Crippen molar-refractivity contribution >= 4 is 17.9 Å². The zero-order valence-electron chi connectivity index (χ0n) is 54.3. The van der Waals surface area contributed by atoms with Crippen molar-refractivity contribution in [3.05, 3.63) is 109 Å². The maximum Gasteiger partial charge on any atom is 0.361 e. The Balaban J connectivity index is 4.11. The first-order valence-corrected chi connectivity index (χ1v) is 34.1. The minimum Gasteiger partial charge on any atom is -0.477 e. The van der Waals surface area contributed by atoms with E-state index in [-0.39, 0.29) is 32.2 Å². The summed E-state index contributed by atoms with van der Waals surface area (Å²) in [4.78, 5) is 37.6. The molecule has 0 heterocycles. The number of likely N-dealkylation sites (N-methyl/N-ethyl adjacent to an activating group) is 1. The van der Waals surface area contributed by atoms with Crippen LogP contribution in [0.5, 0.6) is 0 Å². The lowest BCUT2D eigenvalue weighted by atomic mass is 10.0. The van der Waals surface area contributed by atoms with E-state index in [1.165, 1.54) is 167 Å². The van der Waals surface area contributed by atoms with Crippen molar-refractivity contribution in [1.82, 2.24) is 0 Å². The molecule has 83 heavy (non-hydrogen) atoms. The first-order valence-electron chi connectivity index (χ1n) is 34.1. The van der Waals surface area contributed by atoms with E-state index < -0.39 is 24.3 Å². The average Bonchev–Trinajstić information content (AvgIpc) is 3.46. The third-order valence-electron chi connectivity index (χ3n) is 14.5. The van der Waals surface area contributed by atoms with Crippen LogP contribution in [0.2, 0.25) is 0 Å². The lowest BCUT2D eigenvalue weighted by Gasteiger charge is -2.25. The molecule has 0 aliphatic carbocycles. The van der Waals surface area contributed by atoms with E-state index in [2.05, 4.69) is 123 Å². The second kappa shape index (κ2) is 64.0. The van der Waals surface area contributed by atoms with Gasteiger partial charge in [0.2, 0.25) is 0 Å². The van der Waals surface area contributed by atoms with Gasteiger partial charge in [0.25, 0.3) is 6.29 Å². The first-order chi connectivity index (χ1) is 40.6. The Hall–Kier alpha value is -4.05. The summed E-state index contributed by atoms with van der Waals surface area (Å²) in [5.74, 6) is -2.01. The molecule has 0 rings (SSSR count). The summed E-state index contributed by atoms with van der Waals surface area (Å²) < 4.78 is 23.0. The fraction of sp³-hybridized carbons (Fsp3) is 0.716. The molecule has 1 N–H and O–H groups in total. The van der Waals surface area contributed by atoms with Crippen LogP contribution in [-0.4, -0.2) is 87.4 Å². The van der Waals surface area contributed by atoms with Gasteiger partial charge in [-0.05, 0) is 103 Å². The Bertz CT molecular complexity index is 1730. The van der Waals surface area contributed by atoms with E-state index in [4.69, 9.17) is 18.9 Å². The molecule has 0 aliphatic heterocycles. The lowest BCUT2D eigenvalue weighted by Crippen LogP contribution is -2.40. The molecule has 0 aromatic heterocycles. The predicted molar refractivity (Wildman–Crippen MR) is 355 cm³/mol. The number of rotatable bonds is 62. The molecule has 0 aromatic carbocycles. The number of esters is 2. The van der Waals surface area contributed by atoms with Gasteiger partial charge in [-0.2, -0.15) is 0 Å². The molecule has 0 bridgehead atoms. The molecule has 0 saturated carbocycles. The van der Waals surface area contributed by atoms with Crippen molar-refractivity contribution < 1.29 is 42.9 Å². The highest BCUT2D eigenvalue weighted by Crippen LogP contribution is 2.17. The van der Waals surface area contributed by atoms with E-state index >= 15 is 0 Å². The van der Waals surface area contributed by atoms with E-state index in [1.54, 1.807) is 0 Å².